The van der Waals surface area contributed by atoms with Crippen molar-refractivity contribution in [3.8, 4) is 96.1 Å². The molecule has 0 saturated carbocycles. The minimum absolute atomic E-state index is 0.592. The average Bonchev–Trinajstić information content (AvgIpc) is 1.61. The van der Waals surface area contributed by atoms with Gasteiger partial charge in [-0.05, 0) is 173 Å². The summed E-state index contributed by atoms with van der Waals surface area (Å²) >= 11 is 0. The highest BCUT2D eigenvalue weighted by molar-refractivity contribution is 6.15. The van der Waals surface area contributed by atoms with Gasteiger partial charge in [0, 0.05) is 82.5 Å². The SMILES string of the molecule is N#Cc1ccc(-c2cc(-c3ccc(-c4ccc(-n5c6ccccc6c6cc(-c7ccc8c(c7)c7ccccc7n8-c7ccccc7)ccc65)cc4)cc3)nc(-c3cccc(-n4c5ccccc5c5cc(-c6ccc7c(c6)c6ccccc6n7-c6ccccc6)ccc54)c3)n2)cc1. The summed E-state index contributed by atoms with van der Waals surface area (Å²) in [6.45, 7) is 0. The molecule has 0 saturated heterocycles. The van der Waals surface area contributed by atoms with Crippen LogP contribution in [-0.4, -0.2) is 28.2 Å². The first-order valence-electron chi connectivity index (χ1n) is 32.5. The van der Waals surface area contributed by atoms with Gasteiger partial charge in [-0.2, -0.15) is 5.26 Å². The summed E-state index contributed by atoms with van der Waals surface area (Å²) in [6.07, 6.45) is 0. The normalized spacial score (nSPS) is 11.7. The Bertz CT molecular complexity index is 6360. The van der Waals surface area contributed by atoms with Crippen LogP contribution in [0, 0.1) is 11.3 Å². The van der Waals surface area contributed by atoms with E-state index in [1.54, 1.807) is 0 Å². The van der Waals surface area contributed by atoms with Crippen molar-refractivity contribution >= 4 is 87.2 Å². The molecule has 0 amide bonds. The Morgan fingerprint density at radius 2 is 0.510 bits per heavy atom. The molecule has 0 N–H and O–H groups in total. The predicted octanol–water partition coefficient (Wildman–Crippen LogP) is 22.7. The predicted molar refractivity (Wildman–Crippen MR) is 397 cm³/mol. The standard InChI is InChI=1S/C89H55N7/c90-56-57-30-32-60(33-31-57)79-55-80(92-89(91-79)66-16-15-21-70(50-66)96-84-29-14-10-25-74(84)78-54-65(43-49-88(78)96)63-41-47-86-76(52-63)72-23-8-12-27-82(72)94(86)68-19-5-2-6-20-68)61-36-34-58(35-37-61)59-38-44-69(45-39-59)95-83-28-13-9-24-73(83)77-53-64(42-48-87(77)95)62-40-46-85-75(51-62)71-22-7-11-26-81(71)93(85)67-17-3-1-4-18-67/h1-55H. The molecule has 446 valence electrons. The number of nitrogens with zero attached hydrogens (tertiary/aromatic N) is 7. The van der Waals surface area contributed by atoms with Crippen molar-refractivity contribution in [2.45, 2.75) is 0 Å². The van der Waals surface area contributed by atoms with Crippen molar-refractivity contribution in [2.75, 3.05) is 0 Å². The number of para-hydroxylation sites is 6. The molecule has 5 aromatic heterocycles. The van der Waals surface area contributed by atoms with E-state index in [-0.39, 0.29) is 0 Å². The second-order valence-corrected chi connectivity index (χ2v) is 24.8. The molecule has 14 aromatic carbocycles. The third-order valence-corrected chi connectivity index (χ3v) is 19.4. The minimum Gasteiger partial charge on any atom is -0.309 e. The van der Waals surface area contributed by atoms with Gasteiger partial charge in [-0.15, -0.1) is 0 Å². The molecule has 19 aromatic rings. The summed E-state index contributed by atoms with van der Waals surface area (Å²) in [5.74, 6) is 0.603. The molecule has 19 rings (SSSR count). The Morgan fingerprint density at radius 3 is 0.906 bits per heavy atom. The van der Waals surface area contributed by atoms with Gasteiger partial charge in [0.05, 0.1) is 67.2 Å². The van der Waals surface area contributed by atoms with Crippen LogP contribution in [0.4, 0.5) is 0 Å². The fourth-order valence-electron chi connectivity index (χ4n) is 14.9. The van der Waals surface area contributed by atoms with Crippen molar-refractivity contribution < 1.29 is 0 Å². The van der Waals surface area contributed by atoms with E-state index >= 15 is 0 Å². The fraction of sp³-hybridized carbons (Fsp3) is 0. The maximum atomic E-state index is 9.75. The van der Waals surface area contributed by atoms with E-state index in [4.69, 9.17) is 9.97 Å². The van der Waals surface area contributed by atoms with Crippen LogP contribution in [0.15, 0.2) is 334 Å². The van der Waals surface area contributed by atoms with E-state index in [1.165, 1.54) is 81.8 Å². The van der Waals surface area contributed by atoms with E-state index in [9.17, 15) is 5.26 Å². The number of hydrogen-bond acceptors (Lipinski definition) is 3. The monoisotopic (exact) mass is 1220 g/mol. The van der Waals surface area contributed by atoms with Gasteiger partial charge in [0.25, 0.3) is 0 Å². The van der Waals surface area contributed by atoms with E-state index in [1.807, 2.05) is 24.3 Å². The smallest absolute Gasteiger partial charge is 0.160 e. The van der Waals surface area contributed by atoms with Crippen LogP contribution < -0.4 is 0 Å². The lowest BCUT2D eigenvalue weighted by atomic mass is 10.0. The molecule has 0 unspecified atom stereocenters. The molecule has 96 heavy (non-hydrogen) atoms. The Morgan fingerprint density at radius 1 is 0.208 bits per heavy atom. The van der Waals surface area contributed by atoms with Gasteiger partial charge in [0.2, 0.25) is 0 Å². The van der Waals surface area contributed by atoms with Gasteiger partial charge in [-0.1, -0.05) is 194 Å². The highest BCUT2D eigenvalue weighted by Gasteiger charge is 2.21. The van der Waals surface area contributed by atoms with Gasteiger partial charge >= 0.3 is 0 Å². The van der Waals surface area contributed by atoms with E-state index < -0.39 is 0 Å². The molecule has 0 radical (unpaired) electrons. The number of benzene rings is 14. The van der Waals surface area contributed by atoms with Crippen molar-refractivity contribution in [3.63, 3.8) is 0 Å². The number of aromatic nitrogens is 6. The first-order valence-corrected chi connectivity index (χ1v) is 32.5. The van der Waals surface area contributed by atoms with E-state index in [0.717, 1.165) is 89.6 Å². The van der Waals surface area contributed by atoms with Gasteiger partial charge in [0.1, 0.15) is 0 Å². The molecule has 0 aliphatic carbocycles. The highest BCUT2D eigenvalue weighted by Crippen LogP contribution is 2.42. The van der Waals surface area contributed by atoms with Crippen LogP contribution in [0.3, 0.4) is 0 Å². The zero-order chi connectivity index (χ0) is 63.4. The summed E-state index contributed by atoms with van der Waals surface area (Å²) < 4.78 is 9.48. The summed E-state index contributed by atoms with van der Waals surface area (Å²) in [5.41, 5.74) is 25.5. The zero-order valence-electron chi connectivity index (χ0n) is 51.9. The molecule has 0 bridgehead atoms. The summed E-state index contributed by atoms with van der Waals surface area (Å²) in [7, 11) is 0. The maximum Gasteiger partial charge on any atom is 0.160 e. The topological polar surface area (TPSA) is 69.3 Å². The van der Waals surface area contributed by atoms with E-state index in [0.29, 0.717) is 11.4 Å². The van der Waals surface area contributed by atoms with Crippen molar-refractivity contribution in [1.29, 1.82) is 5.26 Å². The third-order valence-electron chi connectivity index (χ3n) is 19.4. The van der Waals surface area contributed by atoms with Crippen LogP contribution in [-0.2, 0) is 0 Å². The first-order chi connectivity index (χ1) is 47.5. The number of nitriles is 1. The molecule has 5 heterocycles. The Hall–Kier alpha value is -13.2. The molecule has 0 aliphatic heterocycles. The summed E-state index contributed by atoms with van der Waals surface area (Å²) in [4.78, 5) is 10.6. The zero-order valence-corrected chi connectivity index (χ0v) is 51.9. The molecule has 0 aliphatic rings. The third kappa shape index (κ3) is 8.89. The average molecular weight is 1220 g/mol. The van der Waals surface area contributed by atoms with Crippen LogP contribution >= 0.6 is 0 Å². The molecule has 0 fully saturated rings. The summed E-state index contributed by atoms with van der Waals surface area (Å²) in [6, 6.07) is 122. The Balaban J connectivity index is 0.644. The molecular weight excluding hydrogens is 1170 g/mol. The van der Waals surface area contributed by atoms with Crippen LogP contribution in [0.25, 0.3) is 177 Å². The second-order valence-electron chi connectivity index (χ2n) is 24.8. The lowest BCUT2D eigenvalue weighted by molar-refractivity contribution is 1.16. The molecule has 0 atom stereocenters. The highest BCUT2D eigenvalue weighted by atomic mass is 15.0. The van der Waals surface area contributed by atoms with Gasteiger partial charge in [0.15, 0.2) is 5.82 Å². The first kappa shape index (κ1) is 54.6. The lowest BCUT2D eigenvalue weighted by Gasteiger charge is -2.13. The number of hydrogen-bond donors (Lipinski definition) is 0. The van der Waals surface area contributed by atoms with Gasteiger partial charge in [-0.25, -0.2) is 9.97 Å². The van der Waals surface area contributed by atoms with Crippen LogP contribution in [0.2, 0.25) is 0 Å². The van der Waals surface area contributed by atoms with Gasteiger partial charge < -0.3 is 18.3 Å². The maximum absolute atomic E-state index is 9.75. The van der Waals surface area contributed by atoms with Gasteiger partial charge in [-0.3, -0.25) is 0 Å². The second kappa shape index (κ2) is 22.0. The Kier molecular flexibility index (Phi) is 12.5. The molecule has 0 spiro atoms. The molecular formula is C89H55N7. The number of fused-ring (bicyclic) bond motifs is 12. The van der Waals surface area contributed by atoms with Crippen LogP contribution in [0.5, 0.6) is 0 Å². The largest absolute Gasteiger partial charge is 0.309 e. The van der Waals surface area contributed by atoms with Crippen molar-refractivity contribution in [1.82, 2.24) is 28.2 Å². The summed E-state index contributed by atoms with van der Waals surface area (Å²) in [5, 5.41) is 19.5. The molecule has 7 nitrogen and oxygen atoms in total. The number of rotatable bonds is 10. The lowest BCUT2D eigenvalue weighted by Crippen LogP contribution is -1.98. The quantitative estimate of drug-likeness (QED) is 0.137. The van der Waals surface area contributed by atoms with Crippen LogP contribution in [0.1, 0.15) is 5.56 Å². The fourth-order valence-corrected chi connectivity index (χ4v) is 14.9. The van der Waals surface area contributed by atoms with E-state index in [2.05, 4.69) is 334 Å². The van der Waals surface area contributed by atoms with Crippen molar-refractivity contribution in [2.24, 2.45) is 0 Å². The minimum atomic E-state index is 0.592. The Labute approximate surface area is 552 Å². The van der Waals surface area contributed by atoms with Crippen molar-refractivity contribution in [3.05, 3.63) is 339 Å². The molecule has 7 heteroatoms.